The second kappa shape index (κ2) is 20.0. The molecule has 0 bridgehead atoms. The maximum Gasteiger partial charge on any atom is 0.0462 e. The Hall–Kier alpha value is -8.78. The monoisotopic (exact) mass is 881 g/mol. The van der Waals surface area contributed by atoms with Gasteiger partial charge in [-0.05, 0) is 126 Å². The molecule has 0 saturated heterocycles. The van der Waals surface area contributed by atoms with Gasteiger partial charge in [0.15, 0.2) is 0 Å². The van der Waals surface area contributed by atoms with Crippen LogP contribution in [0.4, 0.5) is 17.1 Å². The van der Waals surface area contributed by atoms with Crippen molar-refractivity contribution in [2.45, 2.75) is 12.3 Å². The Morgan fingerprint density at radius 1 is 0.246 bits per heavy atom. The van der Waals surface area contributed by atoms with Gasteiger partial charge >= 0.3 is 0 Å². The fourth-order valence-electron chi connectivity index (χ4n) is 9.80. The molecule has 1 heteroatoms. The average molecular weight is 882 g/mol. The van der Waals surface area contributed by atoms with E-state index in [1.165, 1.54) is 83.5 Å². The SMILES string of the molecule is c1ccc(-c2ccc(C(Cc3cc(-c4ccccc4)c(-c4ccc(N(c5ccccc5)c5ccc(-c6ccccc6)cc5)cc4)c(-c4ccccc4)c3)c3ccc(-c4ccccc4)cc3)cc2)cc1. The first kappa shape index (κ1) is 42.8. The van der Waals surface area contributed by atoms with Crippen molar-refractivity contribution in [3.8, 4) is 66.8 Å². The van der Waals surface area contributed by atoms with Crippen molar-refractivity contribution in [2.24, 2.45) is 0 Å². The van der Waals surface area contributed by atoms with E-state index in [2.05, 4.69) is 296 Å². The first-order valence-corrected chi connectivity index (χ1v) is 23.9. The Morgan fingerprint density at radius 3 is 0.884 bits per heavy atom. The molecule has 0 aliphatic rings. The van der Waals surface area contributed by atoms with E-state index < -0.39 is 0 Å². The molecule has 0 fully saturated rings. The van der Waals surface area contributed by atoms with Crippen molar-refractivity contribution in [1.29, 1.82) is 0 Å². The van der Waals surface area contributed by atoms with Gasteiger partial charge in [0.2, 0.25) is 0 Å². The van der Waals surface area contributed by atoms with Crippen LogP contribution < -0.4 is 4.90 Å². The highest BCUT2D eigenvalue weighted by molar-refractivity contribution is 5.96. The molecule has 0 heterocycles. The summed E-state index contributed by atoms with van der Waals surface area (Å²) in [5.41, 5.74) is 21.7. The van der Waals surface area contributed by atoms with Crippen LogP contribution >= 0.6 is 0 Å². The fourth-order valence-corrected chi connectivity index (χ4v) is 9.80. The minimum absolute atomic E-state index is 0.114. The summed E-state index contributed by atoms with van der Waals surface area (Å²) in [6.07, 6.45) is 0.823. The number of hydrogen-bond acceptors (Lipinski definition) is 1. The summed E-state index contributed by atoms with van der Waals surface area (Å²) in [6.45, 7) is 0. The molecule has 0 unspecified atom stereocenters. The van der Waals surface area contributed by atoms with Crippen molar-refractivity contribution in [1.82, 2.24) is 0 Å². The molecule has 0 atom stereocenters. The molecule has 0 spiro atoms. The average Bonchev–Trinajstić information content (AvgIpc) is 3.44. The van der Waals surface area contributed by atoms with E-state index >= 15 is 0 Å². The Labute approximate surface area is 406 Å². The summed E-state index contributed by atoms with van der Waals surface area (Å²) < 4.78 is 0. The molecule has 328 valence electrons. The zero-order valence-electron chi connectivity index (χ0n) is 38.4. The molecule has 1 nitrogen and oxygen atoms in total. The summed E-state index contributed by atoms with van der Waals surface area (Å²) in [5.74, 6) is 0.114. The largest absolute Gasteiger partial charge is 0.311 e. The second-order valence-electron chi connectivity index (χ2n) is 17.7. The summed E-state index contributed by atoms with van der Waals surface area (Å²) >= 11 is 0. The van der Waals surface area contributed by atoms with Gasteiger partial charge in [-0.25, -0.2) is 0 Å². The summed E-state index contributed by atoms with van der Waals surface area (Å²) in [4.78, 5) is 2.34. The Morgan fingerprint density at radius 2 is 0.522 bits per heavy atom. The number of nitrogens with zero attached hydrogens (tertiary/aromatic N) is 1. The van der Waals surface area contributed by atoms with E-state index in [-0.39, 0.29) is 5.92 Å². The molecule has 0 radical (unpaired) electrons. The lowest BCUT2D eigenvalue weighted by Crippen LogP contribution is -2.09. The number of rotatable bonds is 13. The van der Waals surface area contributed by atoms with Crippen molar-refractivity contribution in [3.63, 3.8) is 0 Å². The molecule has 11 aromatic rings. The molecule has 69 heavy (non-hydrogen) atoms. The minimum Gasteiger partial charge on any atom is -0.311 e. The Kier molecular flexibility index (Phi) is 12.4. The minimum atomic E-state index is 0.114. The lowest BCUT2D eigenvalue weighted by molar-refractivity contribution is 0.806. The molecular weight excluding hydrogens is 831 g/mol. The van der Waals surface area contributed by atoms with E-state index in [0.29, 0.717) is 0 Å². The lowest BCUT2D eigenvalue weighted by Gasteiger charge is -2.26. The predicted molar refractivity (Wildman–Crippen MR) is 292 cm³/mol. The van der Waals surface area contributed by atoms with Gasteiger partial charge in [-0.1, -0.05) is 255 Å². The highest BCUT2D eigenvalue weighted by Gasteiger charge is 2.22. The van der Waals surface area contributed by atoms with E-state index in [1.54, 1.807) is 0 Å². The van der Waals surface area contributed by atoms with Crippen molar-refractivity contribution in [3.05, 3.63) is 308 Å². The van der Waals surface area contributed by atoms with Gasteiger partial charge in [-0.3, -0.25) is 0 Å². The third kappa shape index (κ3) is 9.45. The second-order valence-corrected chi connectivity index (χ2v) is 17.7. The quantitative estimate of drug-likeness (QED) is 0.112. The number of hydrogen-bond donors (Lipinski definition) is 0. The van der Waals surface area contributed by atoms with Crippen molar-refractivity contribution in [2.75, 3.05) is 4.90 Å². The zero-order chi connectivity index (χ0) is 46.2. The smallest absolute Gasteiger partial charge is 0.0462 e. The van der Waals surface area contributed by atoms with Gasteiger partial charge in [0.05, 0.1) is 0 Å². The van der Waals surface area contributed by atoms with Crippen LogP contribution in [0.1, 0.15) is 22.6 Å². The van der Waals surface area contributed by atoms with Gasteiger partial charge in [0.1, 0.15) is 0 Å². The lowest BCUT2D eigenvalue weighted by atomic mass is 9.81. The molecule has 11 rings (SSSR count). The molecule has 0 aromatic heterocycles. The summed E-state index contributed by atoms with van der Waals surface area (Å²) in [7, 11) is 0. The van der Waals surface area contributed by atoms with Gasteiger partial charge in [-0.2, -0.15) is 0 Å². The van der Waals surface area contributed by atoms with Gasteiger partial charge in [0.25, 0.3) is 0 Å². The highest BCUT2D eigenvalue weighted by Crippen LogP contribution is 2.44. The van der Waals surface area contributed by atoms with Crippen LogP contribution in [0, 0.1) is 0 Å². The van der Waals surface area contributed by atoms with E-state index in [0.717, 1.165) is 23.5 Å². The van der Waals surface area contributed by atoms with Gasteiger partial charge < -0.3 is 4.90 Å². The normalized spacial score (nSPS) is 11.1. The maximum absolute atomic E-state index is 2.46. The van der Waals surface area contributed by atoms with Crippen LogP contribution in [0.15, 0.2) is 291 Å². The molecule has 0 N–H and O–H groups in total. The van der Waals surface area contributed by atoms with Gasteiger partial charge in [-0.15, -0.1) is 0 Å². The standard InChI is InChI=1S/C68H51N/c1-7-19-51(20-8-1)54-31-35-59(36-32-54)65(60-37-33-55(34-38-60)52-21-9-2-10-22-52)47-50-48-66(57-25-13-4-14-26-57)68(67(49-50)58-27-15-5-16-28-58)61-41-45-64(46-42-61)69(62-29-17-6-18-30-62)63-43-39-56(40-44-63)53-23-11-3-12-24-53/h1-46,48-49,65H,47H2. The van der Waals surface area contributed by atoms with Crippen LogP contribution in [-0.2, 0) is 6.42 Å². The van der Waals surface area contributed by atoms with Crippen molar-refractivity contribution < 1.29 is 0 Å². The first-order valence-electron chi connectivity index (χ1n) is 23.9. The number of benzene rings is 11. The van der Waals surface area contributed by atoms with E-state index in [4.69, 9.17) is 0 Å². The Balaban J connectivity index is 1.02. The Bertz CT molecular complexity index is 3230. The third-order valence-electron chi connectivity index (χ3n) is 13.3. The molecule has 0 amide bonds. The first-order chi connectivity index (χ1) is 34.2. The van der Waals surface area contributed by atoms with Crippen LogP contribution in [0.5, 0.6) is 0 Å². The summed E-state index contributed by atoms with van der Waals surface area (Å²) in [5, 5.41) is 0. The molecule has 0 aliphatic heterocycles. The van der Waals surface area contributed by atoms with Crippen LogP contribution in [0.2, 0.25) is 0 Å². The van der Waals surface area contributed by atoms with Crippen molar-refractivity contribution >= 4 is 17.1 Å². The number of anilines is 3. The van der Waals surface area contributed by atoms with Crippen LogP contribution in [0.25, 0.3) is 66.8 Å². The molecule has 0 aliphatic carbocycles. The fraction of sp³-hybridized carbons (Fsp3) is 0.0294. The number of para-hydroxylation sites is 1. The van der Waals surface area contributed by atoms with Crippen LogP contribution in [-0.4, -0.2) is 0 Å². The molecule has 0 saturated carbocycles. The van der Waals surface area contributed by atoms with E-state index in [1.807, 2.05) is 0 Å². The molecular formula is C68H51N. The summed E-state index contributed by atoms with van der Waals surface area (Å²) in [6, 6.07) is 106. The van der Waals surface area contributed by atoms with Gasteiger partial charge in [0, 0.05) is 23.0 Å². The zero-order valence-corrected chi connectivity index (χ0v) is 38.4. The predicted octanol–water partition coefficient (Wildman–Crippen LogP) is 18.5. The highest BCUT2D eigenvalue weighted by atomic mass is 15.1. The van der Waals surface area contributed by atoms with Crippen LogP contribution in [0.3, 0.4) is 0 Å². The topological polar surface area (TPSA) is 3.24 Å². The van der Waals surface area contributed by atoms with E-state index in [9.17, 15) is 0 Å². The third-order valence-corrected chi connectivity index (χ3v) is 13.3. The maximum atomic E-state index is 2.46. The molecule has 11 aromatic carbocycles.